The first kappa shape index (κ1) is 12.7. The molecule has 1 aliphatic rings. The fraction of sp³-hybridized carbons (Fsp3) is 0.778. The van der Waals surface area contributed by atoms with Gasteiger partial charge in [-0.1, -0.05) is 6.92 Å². The second-order valence-corrected chi connectivity index (χ2v) is 5.33. The molecule has 1 aliphatic heterocycles. The van der Waals surface area contributed by atoms with Gasteiger partial charge in [0, 0.05) is 17.4 Å². The summed E-state index contributed by atoms with van der Waals surface area (Å²) in [7, 11) is 0. The van der Waals surface area contributed by atoms with Crippen LogP contribution in [0.15, 0.2) is 0 Å². The molecule has 0 aromatic heterocycles. The maximum Gasteiger partial charge on any atom is 0.327 e. The molecular formula is C9H15NO3S2. The summed E-state index contributed by atoms with van der Waals surface area (Å²) in [4.78, 5) is 24.3. The number of carbonyl (C=O) groups excluding carboxylic acids is 1. The molecule has 0 radical (unpaired) electrons. The highest BCUT2D eigenvalue weighted by molar-refractivity contribution is 8.00. The number of hydrogen-bond acceptors (Lipinski definition) is 4. The van der Waals surface area contributed by atoms with Crippen LogP contribution < -0.4 is 0 Å². The zero-order valence-electron chi connectivity index (χ0n) is 8.71. The van der Waals surface area contributed by atoms with Crippen molar-refractivity contribution in [3.05, 3.63) is 0 Å². The number of nitrogens with zero attached hydrogens (tertiary/aromatic N) is 1. The van der Waals surface area contributed by atoms with Gasteiger partial charge >= 0.3 is 5.97 Å². The van der Waals surface area contributed by atoms with E-state index in [0.29, 0.717) is 11.5 Å². The van der Waals surface area contributed by atoms with Crippen LogP contribution >= 0.6 is 24.4 Å². The van der Waals surface area contributed by atoms with Crippen molar-refractivity contribution in [3.63, 3.8) is 0 Å². The van der Waals surface area contributed by atoms with Crippen LogP contribution in [0, 0.1) is 5.92 Å². The summed E-state index contributed by atoms with van der Waals surface area (Å²) in [6.45, 7) is 3.63. The average molecular weight is 249 g/mol. The van der Waals surface area contributed by atoms with Crippen molar-refractivity contribution in [1.82, 2.24) is 4.90 Å². The van der Waals surface area contributed by atoms with Crippen LogP contribution in [0.1, 0.15) is 13.8 Å². The first-order valence-electron chi connectivity index (χ1n) is 4.76. The minimum atomic E-state index is -0.924. The van der Waals surface area contributed by atoms with Gasteiger partial charge in [0.1, 0.15) is 6.04 Å². The fourth-order valence-corrected chi connectivity index (χ4v) is 2.83. The lowest BCUT2D eigenvalue weighted by atomic mass is 10.1. The molecule has 0 aliphatic carbocycles. The Morgan fingerprint density at radius 3 is 2.73 bits per heavy atom. The lowest BCUT2D eigenvalue weighted by Gasteiger charge is -2.27. The summed E-state index contributed by atoms with van der Waals surface area (Å²) in [6, 6.07) is -0.681. The summed E-state index contributed by atoms with van der Waals surface area (Å²) in [5.74, 6) is -0.349. The highest BCUT2D eigenvalue weighted by atomic mass is 32.2. The Bertz CT molecular complexity index is 272. The van der Waals surface area contributed by atoms with E-state index in [1.54, 1.807) is 6.92 Å². The molecule has 6 heteroatoms. The molecule has 0 bridgehead atoms. The predicted molar refractivity (Wildman–Crippen MR) is 63.2 cm³/mol. The summed E-state index contributed by atoms with van der Waals surface area (Å²) in [5.41, 5.74) is 0. The Morgan fingerprint density at radius 2 is 2.27 bits per heavy atom. The number of amides is 1. The number of hydrogen-bond donors (Lipinski definition) is 2. The van der Waals surface area contributed by atoms with Gasteiger partial charge in [-0.05, 0) is 6.92 Å². The fourth-order valence-electron chi connectivity index (χ4n) is 1.50. The monoisotopic (exact) mass is 249 g/mol. The molecule has 1 amide bonds. The topological polar surface area (TPSA) is 57.6 Å². The average Bonchev–Trinajstić information content (AvgIpc) is 2.58. The smallest absolute Gasteiger partial charge is 0.327 e. The lowest BCUT2D eigenvalue weighted by molar-refractivity contribution is -0.150. The van der Waals surface area contributed by atoms with E-state index < -0.39 is 12.0 Å². The molecule has 3 unspecified atom stereocenters. The van der Waals surface area contributed by atoms with Crippen LogP contribution in [0.4, 0.5) is 0 Å². The van der Waals surface area contributed by atoms with Crippen molar-refractivity contribution < 1.29 is 14.7 Å². The summed E-state index contributed by atoms with van der Waals surface area (Å²) in [5, 5.41) is 8.92. The largest absolute Gasteiger partial charge is 0.480 e. The van der Waals surface area contributed by atoms with Gasteiger partial charge in [0.05, 0.1) is 5.37 Å². The summed E-state index contributed by atoms with van der Waals surface area (Å²) >= 11 is 5.55. The minimum Gasteiger partial charge on any atom is -0.480 e. The van der Waals surface area contributed by atoms with Crippen LogP contribution in [0.3, 0.4) is 0 Å². The Labute approximate surface area is 98.8 Å². The van der Waals surface area contributed by atoms with Crippen LogP contribution in [0.5, 0.6) is 0 Å². The summed E-state index contributed by atoms with van der Waals surface area (Å²) in [6.07, 6.45) is 0. The Morgan fingerprint density at radius 1 is 1.67 bits per heavy atom. The quantitative estimate of drug-likeness (QED) is 0.731. The molecule has 0 spiro atoms. The van der Waals surface area contributed by atoms with Crippen molar-refractivity contribution in [2.24, 2.45) is 5.92 Å². The maximum atomic E-state index is 11.9. The van der Waals surface area contributed by atoms with Gasteiger partial charge in [0.15, 0.2) is 0 Å². The standard InChI is InChI=1S/C9H15NO3S2/c1-5(3-14)8(11)10-6(2)15-4-7(10)9(12)13/h5-7,14H,3-4H2,1-2H3,(H,12,13). The number of aliphatic carboxylic acids is 1. The second-order valence-electron chi connectivity index (χ2n) is 3.62. The number of thiol groups is 1. The number of carboxylic acid groups (broad SMARTS) is 1. The van der Waals surface area contributed by atoms with E-state index in [-0.39, 0.29) is 17.2 Å². The van der Waals surface area contributed by atoms with Gasteiger partial charge in [-0.3, -0.25) is 4.79 Å². The Kier molecular flexibility index (Phi) is 4.33. The van der Waals surface area contributed by atoms with Crippen molar-refractivity contribution in [2.75, 3.05) is 11.5 Å². The number of carbonyl (C=O) groups is 2. The molecule has 1 N–H and O–H groups in total. The summed E-state index contributed by atoms with van der Waals surface area (Å²) < 4.78 is 0. The number of rotatable bonds is 3. The third kappa shape index (κ3) is 2.60. The second kappa shape index (κ2) is 5.12. The number of thioether (sulfide) groups is 1. The van der Waals surface area contributed by atoms with Crippen molar-refractivity contribution in [2.45, 2.75) is 25.3 Å². The molecule has 0 aromatic carbocycles. The highest BCUT2D eigenvalue weighted by Gasteiger charge is 2.40. The predicted octanol–water partition coefficient (Wildman–Crippen LogP) is 0.927. The zero-order valence-corrected chi connectivity index (χ0v) is 10.4. The third-order valence-corrected chi connectivity index (χ3v) is 4.22. The first-order chi connectivity index (χ1) is 6.99. The normalized spacial score (nSPS) is 27.8. The van der Waals surface area contributed by atoms with E-state index in [0.717, 1.165) is 0 Å². The maximum absolute atomic E-state index is 11.9. The van der Waals surface area contributed by atoms with Crippen LogP contribution in [-0.2, 0) is 9.59 Å². The van der Waals surface area contributed by atoms with Gasteiger partial charge in [-0.25, -0.2) is 4.79 Å². The highest BCUT2D eigenvalue weighted by Crippen LogP contribution is 2.30. The third-order valence-electron chi connectivity index (χ3n) is 2.46. The van der Waals surface area contributed by atoms with E-state index in [4.69, 9.17) is 5.11 Å². The molecular weight excluding hydrogens is 234 g/mol. The molecule has 4 nitrogen and oxygen atoms in total. The molecule has 0 saturated carbocycles. The van der Waals surface area contributed by atoms with E-state index in [1.807, 2.05) is 6.92 Å². The van der Waals surface area contributed by atoms with Crippen LogP contribution in [0.2, 0.25) is 0 Å². The molecule has 1 heterocycles. The molecule has 0 aromatic rings. The van der Waals surface area contributed by atoms with Gasteiger partial charge in [0.2, 0.25) is 5.91 Å². The molecule has 1 saturated heterocycles. The van der Waals surface area contributed by atoms with Gasteiger partial charge in [-0.15, -0.1) is 11.8 Å². The molecule has 1 fully saturated rings. The van der Waals surface area contributed by atoms with Crippen molar-refractivity contribution in [1.29, 1.82) is 0 Å². The molecule has 86 valence electrons. The van der Waals surface area contributed by atoms with Gasteiger partial charge in [0.25, 0.3) is 0 Å². The van der Waals surface area contributed by atoms with Gasteiger partial charge in [-0.2, -0.15) is 12.6 Å². The Balaban J connectivity index is 2.80. The van der Waals surface area contributed by atoms with E-state index in [9.17, 15) is 9.59 Å². The molecule has 3 atom stereocenters. The first-order valence-corrected chi connectivity index (χ1v) is 6.44. The van der Waals surface area contributed by atoms with E-state index in [1.165, 1.54) is 16.7 Å². The van der Waals surface area contributed by atoms with E-state index >= 15 is 0 Å². The number of carboxylic acids is 1. The zero-order chi connectivity index (χ0) is 11.6. The van der Waals surface area contributed by atoms with Crippen LogP contribution in [-0.4, -0.2) is 44.8 Å². The molecule has 15 heavy (non-hydrogen) atoms. The molecule has 1 rings (SSSR count). The minimum absolute atomic E-state index is 0.0547. The Hall–Kier alpha value is -0.360. The SMILES string of the molecule is CC(CS)C(=O)N1C(C)SCC1C(=O)O. The van der Waals surface area contributed by atoms with Gasteiger partial charge < -0.3 is 10.0 Å². The van der Waals surface area contributed by atoms with Crippen molar-refractivity contribution >= 4 is 36.3 Å². The van der Waals surface area contributed by atoms with E-state index in [2.05, 4.69) is 12.6 Å². The van der Waals surface area contributed by atoms with Crippen LogP contribution in [0.25, 0.3) is 0 Å². The lowest BCUT2D eigenvalue weighted by Crippen LogP contribution is -2.47. The van der Waals surface area contributed by atoms with Crippen molar-refractivity contribution in [3.8, 4) is 0 Å².